The Kier molecular flexibility index (Phi) is 13.0. The Labute approximate surface area is 187 Å². The van der Waals surface area contributed by atoms with Gasteiger partial charge in [-0.05, 0) is 36.8 Å². The molecule has 0 atom stereocenters. The first-order valence-electron chi connectivity index (χ1n) is 11.3. The smallest absolute Gasteiger partial charge is 0.232 e. The van der Waals surface area contributed by atoms with Crippen LogP contribution in [0.25, 0.3) is 0 Å². The Morgan fingerprint density at radius 3 is 1.77 bits per heavy atom. The van der Waals surface area contributed by atoms with Gasteiger partial charge >= 0.3 is 0 Å². The number of benzene rings is 2. The lowest BCUT2D eigenvalue weighted by molar-refractivity contribution is -0.121. The summed E-state index contributed by atoms with van der Waals surface area (Å²) in [6.07, 6.45) is 8.99. The summed E-state index contributed by atoms with van der Waals surface area (Å²) in [5.74, 6) is 0.579. The van der Waals surface area contributed by atoms with E-state index in [1.807, 2.05) is 60.7 Å². The maximum Gasteiger partial charge on any atom is 0.232 e. The quantitative estimate of drug-likeness (QED) is 0.251. The van der Waals surface area contributed by atoms with Crippen LogP contribution in [-0.2, 0) is 9.53 Å². The molecule has 1 N–H and O–H groups in total. The van der Waals surface area contributed by atoms with Gasteiger partial charge in [0.05, 0.1) is 5.92 Å². The molecule has 4 heteroatoms. The van der Waals surface area contributed by atoms with Crippen LogP contribution < -0.4 is 5.32 Å². The van der Waals surface area contributed by atoms with Gasteiger partial charge in [0.25, 0.3) is 0 Å². The summed E-state index contributed by atoms with van der Waals surface area (Å²) >= 11 is 5.67. The molecule has 0 aromatic heterocycles. The summed E-state index contributed by atoms with van der Waals surface area (Å²) in [5.41, 5.74) is 2.06. The fourth-order valence-electron chi connectivity index (χ4n) is 3.54. The molecule has 0 radical (unpaired) electrons. The number of hydrogen-bond acceptors (Lipinski definition) is 2. The lowest BCUT2D eigenvalue weighted by Crippen LogP contribution is -2.30. The van der Waals surface area contributed by atoms with Crippen LogP contribution in [-0.4, -0.2) is 31.5 Å². The number of halogens is 1. The van der Waals surface area contributed by atoms with Crippen molar-refractivity contribution in [2.24, 2.45) is 0 Å². The summed E-state index contributed by atoms with van der Waals surface area (Å²) < 4.78 is 5.69. The maximum atomic E-state index is 12.9. The molecule has 0 bridgehead atoms. The number of hydrogen-bond donors (Lipinski definition) is 1. The van der Waals surface area contributed by atoms with Crippen molar-refractivity contribution in [3.8, 4) is 0 Å². The molecule has 2 aromatic carbocycles. The maximum absolute atomic E-state index is 12.9. The standard InChI is InChI=1S/C26H36ClNO2/c27-19-11-1-3-13-21-30-22-14-4-2-12-20-28-26(29)25(23-15-7-5-8-16-23)24-17-9-6-10-18-24/h5-10,15-18,25H,1-4,11-14,19-22H2,(H,28,29). The number of carbonyl (C=O) groups excluding carboxylic acids is 1. The molecule has 0 saturated heterocycles. The lowest BCUT2D eigenvalue weighted by atomic mass is 9.90. The fraction of sp³-hybridized carbons (Fsp3) is 0.500. The number of unbranched alkanes of at least 4 members (excludes halogenated alkanes) is 6. The predicted molar refractivity (Wildman–Crippen MR) is 126 cm³/mol. The lowest BCUT2D eigenvalue weighted by Gasteiger charge is -2.18. The molecular weight excluding hydrogens is 394 g/mol. The summed E-state index contributed by atoms with van der Waals surface area (Å²) in [4.78, 5) is 12.9. The molecule has 0 fully saturated rings. The topological polar surface area (TPSA) is 38.3 Å². The van der Waals surface area contributed by atoms with Gasteiger partial charge in [-0.15, -0.1) is 11.6 Å². The number of carbonyl (C=O) groups is 1. The van der Waals surface area contributed by atoms with E-state index >= 15 is 0 Å². The van der Waals surface area contributed by atoms with Crippen LogP contribution in [0.15, 0.2) is 60.7 Å². The van der Waals surface area contributed by atoms with Crippen LogP contribution in [0.3, 0.4) is 0 Å². The van der Waals surface area contributed by atoms with Gasteiger partial charge in [0.1, 0.15) is 0 Å². The molecule has 3 nitrogen and oxygen atoms in total. The van der Waals surface area contributed by atoms with Crippen molar-refractivity contribution in [2.45, 2.75) is 57.3 Å². The number of rotatable bonds is 16. The number of alkyl halides is 1. The third-order valence-electron chi connectivity index (χ3n) is 5.21. The number of ether oxygens (including phenoxy) is 1. The Balaban J connectivity index is 1.60. The van der Waals surface area contributed by atoms with E-state index in [-0.39, 0.29) is 11.8 Å². The molecule has 0 aliphatic carbocycles. The zero-order valence-corrected chi connectivity index (χ0v) is 18.8. The van der Waals surface area contributed by atoms with E-state index in [9.17, 15) is 4.79 Å². The van der Waals surface area contributed by atoms with Crippen molar-refractivity contribution in [1.29, 1.82) is 0 Å². The summed E-state index contributed by atoms with van der Waals surface area (Å²) in [7, 11) is 0. The van der Waals surface area contributed by atoms with Crippen LogP contribution >= 0.6 is 11.6 Å². The average molecular weight is 430 g/mol. The van der Waals surface area contributed by atoms with E-state index < -0.39 is 0 Å². The van der Waals surface area contributed by atoms with E-state index in [0.29, 0.717) is 0 Å². The molecule has 0 spiro atoms. The first-order valence-corrected chi connectivity index (χ1v) is 11.9. The summed E-state index contributed by atoms with van der Waals surface area (Å²) in [6.45, 7) is 2.42. The summed E-state index contributed by atoms with van der Waals surface area (Å²) in [5, 5.41) is 3.14. The molecule has 164 valence electrons. The van der Waals surface area contributed by atoms with Crippen LogP contribution in [0.4, 0.5) is 0 Å². The third-order valence-corrected chi connectivity index (χ3v) is 5.48. The van der Waals surface area contributed by atoms with Gasteiger partial charge in [-0.3, -0.25) is 4.79 Å². The van der Waals surface area contributed by atoms with Gasteiger partial charge in [0.2, 0.25) is 5.91 Å². The minimum Gasteiger partial charge on any atom is -0.381 e. The minimum absolute atomic E-state index is 0.0740. The van der Waals surface area contributed by atoms with Gasteiger partial charge in [0, 0.05) is 25.6 Å². The molecule has 0 saturated carbocycles. The van der Waals surface area contributed by atoms with Crippen molar-refractivity contribution in [1.82, 2.24) is 5.32 Å². The summed E-state index contributed by atoms with van der Waals surface area (Å²) in [6, 6.07) is 20.0. The van der Waals surface area contributed by atoms with E-state index in [1.54, 1.807) is 0 Å². The highest BCUT2D eigenvalue weighted by Crippen LogP contribution is 2.24. The van der Waals surface area contributed by atoms with Gasteiger partial charge < -0.3 is 10.1 Å². The zero-order valence-electron chi connectivity index (χ0n) is 18.0. The SMILES string of the molecule is O=C(NCCCCCCOCCCCCCCl)C(c1ccccc1)c1ccccc1. The van der Waals surface area contributed by atoms with Crippen LogP contribution in [0.2, 0.25) is 0 Å². The average Bonchev–Trinajstić information content (AvgIpc) is 2.78. The van der Waals surface area contributed by atoms with Crippen molar-refractivity contribution < 1.29 is 9.53 Å². The van der Waals surface area contributed by atoms with Gasteiger partial charge in [-0.2, -0.15) is 0 Å². The monoisotopic (exact) mass is 429 g/mol. The molecule has 2 rings (SSSR count). The fourth-order valence-corrected chi connectivity index (χ4v) is 3.73. The molecule has 0 aliphatic heterocycles. The minimum atomic E-state index is -0.259. The first kappa shape index (κ1) is 24.4. The molecule has 0 unspecified atom stereocenters. The third kappa shape index (κ3) is 9.77. The van der Waals surface area contributed by atoms with Crippen molar-refractivity contribution >= 4 is 17.5 Å². The van der Waals surface area contributed by atoms with E-state index in [4.69, 9.17) is 16.3 Å². The zero-order chi connectivity index (χ0) is 21.3. The highest BCUT2D eigenvalue weighted by atomic mass is 35.5. The van der Waals surface area contributed by atoms with Gasteiger partial charge in [-0.25, -0.2) is 0 Å². The number of amides is 1. The van der Waals surface area contributed by atoms with Gasteiger partial charge in [0.15, 0.2) is 0 Å². The van der Waals surface area contributed by atoms with Gasteiger partial charge in [-0.1, -0.05) is 86.3 Å². The molecule has 2 aromatic rings. The Morgan fingerprint density at radius 2 is 1.23 bits per heavy atom. The second-order valence-electron chi connectivity index (χ2n) is 7.68. The molecular formula is C26H36ClNO2. The van der Waals surface area contributed by atoms with Crippen LogP contribution in [0.1, 0.15) is 68.4 Å². The highest BCUT2D eigenvalue weighted by molar-refractivity contribution is 6.17. The second kappa shape index (κ2) is 15.9. The Morgan fingerprint density at radius 1 is 0.733 bits per heavy atom. The van der Waals surface area contributed by atoms with Crippen molar-refractivity contribution in [3.05, 3.63) is 71.8 Å². The number of nitrogens with one attached hydrogen (secondary N) is 1. The molecule has 1 amide bonds. The van der Waals surface area contributed by atoms with E-state index in [0.717, 1.165) is 75.3 Å². The second-order valence-corrected chi connectivity index (χ2v) is 8.05. The highest BCUT2D eigenvalue weighted by Gasteiger charge is 2.21. The normalized spacial score (nSPS) is 11.0. The molecule has 0 heterocycles. The van der Waals surface area contributed by atoms with E-state index in [2.05, 4.69) is 5.32 Å². The molecule has 30 heavy (non-hydrogen) atoms. The van der Waals surface area contributed by atoms with E-state index in [1.165, 1.54) is 12.8 Å². The Hall–Kier alpha value is -1.84. The van der Waals surface area contributed by atoms with Crippen molar-refractivity contribution in [3.63, 3.8) is 0 Å². The largest absolute Gasteiger partial charge is 0.381 e. The predicted octanol–water partition coefficient (Wildman–Crippen LogP) is 6.31. The van der Waals surface area contributed by atoms with Crippen LogP contribution in [0.5, 0.6) is 0 Å². The van der Waals surface area contributed by atoms with Crippen LogP contribution in [0, 0.1) is 0 Å². The van der Waals surface area contributed by atoms with Crippen molar-refractivity contribution in [2.75, 3.05) is 25.6 Å². The Bertz CT molecular complexity index is 638. The molecule has 0 aliphatic rings. The first-order chi connectivity index (χ1) is 14.8.